The second-order valence-electron chi connectivity index (χ2n) is 6.63. The van der Waals surface area contributed by atoms with E-state index in [2.05, 4.69) is 5.32 Å². The summed E-state index contributed by atoms with van der Waals surface area (Å²) in [7, 11) is 1.86. The predicted octanol–water partition coefficient (Wildman–Crippen LogP) is 1.78. The number of amides is 1. The molecule has 0 spiro atoms. The van der Waals surface area contributed by atoms with E-state index in [0.29, 0.717) is 13.1 Å². The number of nitrogens with one attached hydrogen (secondary N) is 1. The quantitative estimate of drug-likeness (QED) is 0.741. The van der Waals surface area contributed by atoms with Gasteiger partial charge in [-0.05, 0) is 33.2 Å². The molecule has 0 aliphatic heterocycles. The van der Waals surface area contributed by atoms with E-state index in [-0.39, 0.29) is 5.91 Å². The number of aliphatic hydroxyl groups is 1. The maximum absolute atomic E-state index is 11.7. The SMILES string of the molecule is CN(CC(=O)NCCC1CCCCC1)CC(C)(C)O. The molecule has 112 valence electrons. The van der Waals surface area contributed by atoms with E-state index >= 15 is 0 Å². The van der Waals surface area contributed by atoms with Crippen LogP contribution >= 0.6 is 0 Å². The van der Waals surface area contributed by atoms with Crippen LogP contribution < -0.4 is 5.32 Å². The van der Waals surface area contributed by atoms with Crippen LogP contribution in [0.2, 0.25) is 0 Å². The second kappa shape index (κ2) is 7.85. The monoisotopic (exact) mass is 270 g/mol. The number of carbonyl (C=O) groups excluding carboxylic acids is 1. The number of carbonyl (C=O) groups is 1. The number of rotatable bonds is 7. The number of likely N-dealkylation sites (N-methyl/N-ethyl adjacent to an activating group) is 1. The van der Waals surface area contributed by atoms with Crippen molar-refractivity contribution in [3.8, 4) is 0 Å². The molecule has 0 aromatic rings. The van der Waals surface area contributed by atoms with Gasteiger partial charge in [0.2, 0.25) is 5.91 Å². The first-order valence-electron chi connectivity index (χ1n) is 7.54. The summed E-state index contributed by atoms with van der Waals surface area (Å²) in [4.78, 5) is 13.6. The van der Waals surface area contributed by atoms with Crippen LogP contribution in [-0.4, -0.2) is 48.2 Å². The van der Waals surface area contributed by atoms with Gasteiger partial charge in [-0.1, -0.05) is 32.1 Å². The summed E-state index contributed by atoms with van der Waals surface area (Å²) in [6, 6.07) is 0. The minimum Gasteiger partial charge on any atom is -0.389 e. The van der Waals surface area contributed by atoms with E-state index < -0.39 is 5.60 Å². The summed E-state index contributed by atoms with van der Waals surface area (Å²) in [5.74, 6) is 0.866. The zero-order chi connectivity index (χ0) is 14.3. The van der Waals surface area contributed by atoms with Crippen LogP contribution in [0.4, 0.5) is 0 Å². The minimum absolute atomic E-state index is 0.0579. The lowest BCUT2D eigenvalue weighted by Gasteiger charge is -2.25. The third-order valence-corrected chi connectivity index (χ3v) is 3.67. The molecule has 1 amide bonds. The highest BCUT2D eigenvalue weighted by molar-refractivity contribution is 5.77. The summed E-state index contributed by atoms with van der Waals surface area (Å²) in [5.41, 5.74) is -0.753. The predicted molar refractivity (Wildman–Crippen MR) is 78.0 cm³/mol. The molecule has 0 heterocycles. The van der Waals surface area contributed by atoms with Crippen molar-refractivity contribution in [2.24, 2.45) is 5.92 Å². The van der Waals surface area contributed by atoms with Gasteiger partial charge in [0, 0.05) is 13.1 Å². The Kier molecular flexibility index (Phi) is 6.80. The molecule has 0 atom stereocenters. The van der Waals surface area contributed by atoms with Crippen LogP contribution in [0.25, 0.3) is 0 Å². The van der Waals surface area contributed by atoms with Gasteiger partial charge in [-0.3, -0.25) is 9.69 Å². The smallest absolute Gasteiger partial charge is 0.234 e. The summed E-state index contributed by atoms with van der Waals surface area (Å²) < 4.78 is 0. The van der Waals surface area contributed by atoms with Gasteiger partial charge in [-0.15, -0.1) is 0 Å². The van der Waals surface area contributed by atoms with Crippen molar-refractivity contribution in [1.29, 1.82) is 0 Å². The van der Waals surface area contributed by atoms with Crippen molar-refractivity contribution in [3.63, 3.8) is 0 Å². The average molecular weight is 270 g/mol. The molecule has 4 nitrogen and oxygen atoms in total. The van der Waals surface area contributed by atoms with Gasteiger partial charge >= 0.3 is 0 Å². The molecule has 0 saturated heterocycles. The zero-order valence-corrected chi connectivity index (χ0v) is 12.7. The van der Waals surface area contributed by atoms with Gasteiger partial charge in [-0.25, -0.2) is 0 Å². The van der Waals surface area contributed by atoms with Crippen molar-refractivity contribution >= 4 is 5.91 Å². The maximum atomic E-state index is 11.7. The highest BCUT2D eigenvalue weighted by Crippen LogP contribution is 2.25. The van der Waals surface area contributed by atoms with E-state index in [9.17, 15) is 9.90 Å². The van der Waals surface area contributed by atoms with Gasteiger partial charge in [0.1, 0.15) is 0 Å². The second-order valence-corrected chi connectivity index (χ2v) is 6.63. The van der Waals surface area contributed by atoms with Crippen LogP contribution in [-0.2, 0) is 4.79 Å². The third-order valence-electron chi connectivity index (χ3n) is 3.67. The van der Waals surface area contributed by atoms with Crippen molar-refractivity contribution in [2.45, 2.75) is 58.0 Å². The number of hydrogen-bond acceptors (Lipinski definition) is 3. The number of hydrogen-bond donors (Lipinski definition) is 2. The third kappa shape index (κ3) is 8.22. The lowest BCUT2D eigenvalue weighted by Crippen LogP contribution is -2.42. The Labute approximate surface area is 117 Å². The molecular formula is C15H30N2O2. The Balaban J connectivity index is 2.10. The van der Waals surface area contributed by atoms with E-state index in [1.807, 2.05) is 11.9 Å². The minimum atomic E-state index is -0.753. The Bertz CT molecular complexity index is 268. The van der Waals surface area contributed by atoms with Crippen molar-refractivity contribution in [2.75, 3.05) is 26.7 Å². The van der Waals surface area contributed by atoms with E-state index in [4.69, 9.17) is 0 Å². The fourth-order valence-electron chi connectivity index (χ4n) is 2.91. The van der Waals surface area contributed by atoms with Crippen LogP contribution in [0.15, 0.2) is 0 Å². The summed E-state index contributed by atoms with van der Waals surface area (Å²) >= 11 is 0. The fourth-order valence-corrected chi connectivity index (χ4v) is 2.91. The van der Waals surface area contributed by atoms with Crippen molar-refractivity contribution in [3.05, 3.63) is 0 Å². The van der Waals surface area contributed by atoms with Crippen LogP contribution in [0.3, 0.4) is 0 Å². The van der Waals surface area contributed by atoms with Gasteiger partial charge < -0.3 is 10.4 Å². The first kappa shape index (κ1) is 16.4. The van der Waals surface area contributed by atoms with Gasteiger partial charge in [0.05, 0.1) is 12.1 Å². The molecular weight excluding hydrogens is 240 g/mol. The Morgan fingerprint density at radius 2 is 1.95 bits per heavy atom. The maximum Gasteiger partial charge on any atom is 0.234 e. The van der Waals surface area contributed by atoms with Gasteiger partial charge in [0.25, 0.3) is 0 Å². The van der Waals surface area contributed by atoms with Crippen LogP contribution in [0.1, 0.15) is 52.4 Å². The zero-order valence-electron chi connectivity index (χ0n) is 12.7. The van der Waals surface area contributed by atoms with Crippen LogP contribution in [0, 0.1) is 5.92 Å². The summed E-state index contributed by atoms with van der Waals surface area (Å²) in [6.07, 6.45) is 7.86. The molecule has 1 fully saturated rings. The standard InChI is InChI=1S/C15H30N2O2/c1-15(2,19)12-17(3)11-14(18)16-10-9-13-7-5-4-6-8-13/h13,19H,4-12H2,1-3H3,(H,16,18). The van der Waals surface area contributed by atoms with E-state index in [1.165, 1.54) is 32.1 Å². The molecule has 0 bridgehead atoms. The largest absolute Gasteiger partial charge is 0.389 e. The Morgan fingerprint density at radius 3 is 2.53 bits per heavy atom. The average Bonchev–Trinajstić information content (AvgIpc) is 2.27. The lowest BCUT2D eigenvalue weighted by atomic mass is 9.87. The Hall–Kier alpha value is -0.610. The van der Waals surface area contributed by atoms with Crippen molar-refractivity contribution in [1.82, 2.24) is 10.2 Å². The molecule has 1 aliphatic carbocycles. The van der Waals surface area contributed by atoms with E-state index in [0.717, 1.165) is 18.9 Å². The molecule has 4 heteroatoms. The van der Waals surface area contributed by atoms with E-state index in [1.54, 1.807) is 13.8 Å². The van der Waals surface area contributed by atoms with Crippen molar-refractivity contribution < 1.29 is 9.90 Å². The van der Waals surface area contributed by atoms with Crippen LogP contribution in [0.5, 0.6) is 0 Å². The normalized spacial score (nSPS) is 17.7. The molecule has 2 N–H and O–H groups in total. The summed E-state index contributed by atoms with van der Waals surface area (Å²) in [6.45, 7) is 5.16. The molecule has 0 aromatic carbocycles. The van der Waals surface area contributed by atoms with Gasteiger partial charge in [0.15, 0.2) is 0 Å². The highest BCUT2D eigenvalue weighted by atomic mass is 16.3. The molecule has 1 aliphatic rings. The lowest BCUT2D eigenvalue weighted by molar-refractivity contribution is -0.122. The van der Waals surface area contributed by atoms with Gasteiger partial charge in [-0.2, -0.15) is 0 Å². The Morgan fingerprint density at radius 1 is 1.32 bits per heavy atom. The molecule has 1 saturated carbocycles. The molecule has 1 rings (SSSR count). The number of nitrogens with zero attached hydrogens (tertiary/aromatic N) is 1. The first-order valence-corrected chi connectivity index (χ1v) is 7.54. The topological polar surface area (TPSA) is 52.6 Å². The molecule has 0 radical (unpaired) electrons. The molecule has 0 unspecified atom stereocenters. The first-order chi connectivity index (χ1) is 8.87. The summed E-state index contributed by atoms with van der Waals surface area (Å²) in [5, 5.41) is 12.7. The molecule has 0 aromatic heterocycles. The highest BCUT2D eigenvalue weighted by Gasteiger charge is 2.17. The fraction of sp³-hybridized carbons (Fsp3) is 0.933. The molecule has 19 heavy (non-hydrogen) atoms.